The van der Waals surface area contributed by atoms with Crippen molar-refractivity contribution in [2.75, 3.05) is 7.11 Å². The van der Waals surface area contributed by atoms with Crippen LogP contribution in [0.1, 0.15) is 16.1 Å². The van der Waals surface area contributed by atoms with Gasteiger partial charge >= 0.3 is 5.97 Å². The lowest BCUT2D eigenvalue weighted by atomic mass is 10.2. The van der Waals surface area contributed by atoms with E-state index in [1.54, 1.807) is 12.1 Å². The first-order valence-corrected chi connectivity index (χ1v) is 6.89. The van der Waals surface area contributed by atoms with Crippen molar-refractivity contribution in [1.29, 1.82) is 0 Å². The van der Waals surface area contributed by atoms with Crippen LogP contribution in [0.25, 0.3) is 0 Å². The molecular weight excluding hydrogens is 268 g/mol. The number of ether oxygens (including phenoxy) is 1. The van der Waals surface area contributed by atoms with Gasteiger partial charge in [0.1, 0.15) is 0 Å². The highest BCUT2D eigenvalue weighted by molar-refractivity contribution is 7.91. The van der Waals surface area contributed by atoms with Gasteiger partial charge in [-0.3, -0.25) is 5.10 Å². The molecule has 0 radical (unpaired) electrons. The Hall–Kier alpha value is -2.15. The van der Waals surface area contributed by atoms with Gasteiger partial charge in [0, 0.05) is 6.07 Å². The Balaban J connectivity index is 2.42. The van der Waals surface area contributed by atoms with Crippen molar-refractivity contribution in [2.24, 2.45) is 0 Å². The summed E-state index contributed by atoms with van der Waals surface area (Å²) in [4.78, 5) is 11.4. The van der Waals surface area contributed by atoms with Crippen LogP contribution >= 0.6 is 0 Å². The summed E-state index contributed by atoms with van der Waals surface area (Å²) in [6.45, 7) is 1.86. The smallest absolute Gasteiger partial charge is 0.358 e. The van der Waals surface area contributed by atoms with Crippen molar-refractivity contribution >= 4 is 15.8 Å². The number of benzene rings is 1. The van der Waals surface area contributed by atoms with E-state index in [-0.39, 0.29) is 15.6 Å². The zero-order valence-corrected chi connectivity index (χ0v) is 11.2. The van der Waals surface area contributed by atoms with E-state index in [2.05, 4.69) is 14.9 Å². The Morgan fingerprint density at radius 3 is 2.47 bits per heavy atom. The van der Waals surface area contributed by atoms with Gasteiger partial charge in [-0.2, -0.15) is 5.10 Å². The van der Waals surface area contributed by atoms with Gasteiger partial charge in [0.05, 0.1) is 12.0 Å². The van der Waals surface area contributed by atoms with Crippen molar-refractivity contribution in [3.05, 3.63) is 41.6 Å². The molecule has 2 aromatic rings. The predicted octanol–water partition coefficient (Wildman–Crippen LogP) is 1.34. The van der Waals surface area contributed by atoms with Crippen LogP contribution in [-0.2, 0) is 14.6 Å². The summed E-state index contributed by atoms with van der Waals surface area (Å²) in [6, 6.07) is 7.56. The van der Waals surface area contributed by atoms with Crippen molar-refractivity contribution in [1.82, 2.24) is 10.2 Å². The fraction of sp³-hybridized carbons (Fsp3) is 0.167. The van der Waals surface area contributed by atoms with E-state index in [4.69, 9.17) is 0 Å². The number of nitrogens with one attached hydrogen (secondary N) is 1. The number of H-pyrrole nitrogens is 1. The third-order valence-corrected chi connectivity index (χ3v) is 4.25. The molecule has 19 heavy (non-hydrogen) atoms. The second kappa shape index (κ2) is 4.85. The molecule has 0 saturated heterocycles. The van der Waals surface area contributed by atoms with Crippen LogP contribution in [0.15, 0.2) is 40.3 Å². The number of nitrogens with zero attached hydrogens (tertiary/aromatic N) is 1. The van der Waals surface area contributed by atoms with E-state index < -0.39 is 15.8 Å². The number of aryl methyl sites for hydroxylation is 1. The maximum absolute atomic E-state index is 12.2. The molecular formula is C12H12N2O4S. The molecule has 0 fully saturated rings. The largest absolute Gasteiger partial charge is 0.464 e. The van der Waals surface area contributed by atoms with Crippen LogP contribution < -0.4 is 0 Å². The second-order valence-electron chi connectivity index (χ2n) is 3.93. The number of carbonyl (C=O) groups is 1. The highest BCUT2D eigenvalue weighted by Gasteiger charge is 2.22. The number of methoxy groups -OCH3 is 1. The lowest BCUT2D eigenvalue weighted by molar-refractivity contribution is 0.0594. The van der Waals surface area contributed by atoms with Gasteiger partial charge in [-0.15, -0.1) is 0 Å². The SMILES string of the molecule is COC(=O)c1cc(S(=O)(=O)c2ccc(C)cc2)[nH]n1. The summed E-state index contributed by atoms with van der Waals surface area (Å²) in [5, 5.41) is 5.81. The zero-order chi connectivity index (χ0) is 14.0. The topological polar surface area (TPSA) is 89.1 Å². The van der Waals surface area contributed by atoms with Gasteiger partial charge in [-0.1, -0.05) is 17.7 Å². The van der Waals surface area contributed by atoms with Gasteiger partial charge in [-0.05, 0) is 19.1 Å². The Kier molecular flexibility index (Phi) is 3.39. The first kappa shape index (κ1) is 13.3. The third-order valence-electron chi connectivity index (χ3n) is 2.57. The summed E-state index contributed by atoms with van der Waals surface area (Å²) in [7, 11) is -2.50. The molecule has 1 aromatic carbocycles. The molecule has 0 spiro atoms. The van der Waals surface area contributed by atoms with E-state index in [1.807, 2.05) is 6.92 Å². The maximum atomic E-state index is 12.2. The summed E-state index contributed by atoms with van der Waals surface area (Å²) in [5.41, 5.74) is 0.881. The summed E-state index contributed by atoms with van der Waals surface area (Å²) >= 11 is 0. The molecule has 0 aliphatic heterocycles. The van der Waals surface area contributed by atoms with Gasteiger partial charge < -0.3 is 4.74 Å². The van der Waals surface area contributed by atoms with Crippen LogP contribution in [0.5, 0.6) is 0 Å². The van der Waals surface area contributed by atoms with E-state index in [1.165, 1.54) is 19.2 Å². The molecule has 2 rings (SSSR count). The van der Waals surface area contributed by atoms with E-state index in [9.17, 15) is 13.2 Å². The van der Waals surface area contributed by atoms with Crippen molar-refractivity contribution in [3.8, 4) is 0 Å². The fourth-order valence-corrected chi connectivity index (χ4v) is 2.68. The van der Waals surface area contributed by atoms with Crippen molar-refractivity contribution in [3.63, 3.8) is 0 Å². The minimum Gasteiger partial charge on any atom is -0.464 e. The first-order valence-electron chi connectivity index (χ1n) is 5.40. The summed E-state index contributed by atoms with van der Waals surface area (Å²) in [5.74, 6) is -0.693. The number of aromatic nitrogens is 2. The number of aromatic amines is 1. The van der Waals surface area contributed by atoms with Crippen LogP contribution in [0.3, 0.4) is 0 Å². The number of sulfone groups is 1. The van der Waals surface area contributed by atoms with E-state index in [0.29, 0.717) is 0 Å². The predicted molar refractivity (Wildman–Crippen MR) is 66.6 cm³/mol. The molecule has 0 atom stereocenters. The standard InChI is InChI=1S/C12H12N2O4S/c1-8-3-5-9(6-4-8)19(16,17)11-7-10(13-14-11)12(15)18-2/h3-7H,1-2H3,(H,13,14). The summed E-state index contributed by atoms with van der Waals surface area (Å²) < 4.78 is 29.0. The molecule has 1 N–H and O–H groups in total. The van der Waals surface area contributed by atoms with E-state index in [0.717, 1.165) is 11.6 Å². The quantitative estimate of drug-likeness (QED) is 0.857. The lowest BCUT2D eigenvalue weighted by Gasteiger charge is -2.01. The average molecular weight is 280 g/mol. The molecule has 6 nitrogen and oxygen atoms in total. The molecule has 0 bridgehead atoms. The average Bonchev–Trinajstić information content (AvgIpc) is 2.88. The van der Waals surface area contributed by atoms with Crippen LogP contribution in [0.2, 0.25) is 0 Å². The van der Waals surface area contributed by atoms with Gasteiger partial charge in [0.2, 0.25) is 9.84 Å². The molecule has 1 aromatic heterocycles. The molecule has 7 heteroatoms. The highest BCUT2D eigenvalue weighted by atomic mass is 32.2. The number of hydrogen-bond donors (Lipinski definition) is 1. The van der Waals surface area contributed by atoms with Crippen molar-refractivity contribution in [2.45, 2.75) is 16.8 Å². The lowest BCUT2D eigenvalue weighted by Crippen LogP contribution is -2.02. The first-order chi connectivity index (χ1) is 8.95. The van der Waals surface area contributed by atoms with Gasteiger partial charge in [0.15, 0.2) is 10.7 Å². The van der Waals surface area contributed by atoms with Crippen LogP contribution in [-0.4, -0.2) is 31.7 Å². The zero-order valence-electron chi connectivity index (χ0n) is 10.4. The normalized spacial score (nSPS) is 11.3. The monoisotopic (exact) mass is 280 g/mol. The third kappa shape index (κ3) is 2.50. The number of esters is 1. The highest BCUT2D eigenvalue weighted by Crippen LogP contribution is 2.20. The molecule has 1 heterocycles. The maximum Gasteiger partial charge on any atom is 0.358 e. The second-order valence-corrected chi connectivity index (χ2v) is 5.84. The number of rotatable bonds is 3. The number of carbonyl (C=O) groups excluding carboxylic acids is 1. The molecule has 0 aliphatic rings. The summed E-state index contributed by atoms with van der Waals surface area (Å²) in [6.07, 6.45) is 0. The fourth-order valence-electron chi connectivity index (χ4n) is 1.50. The van der Waals surface area contributed by atoms with Crippen LogP contribution in [0, 0.1) is 6.92 Å². The molecule has 0 unspecified atom stereocenters. The Bertz CT molecular complexity index is 702. The minimum atomic E-state index is -3.70. The Morgan fingerprint density at radius 1 is 1.26 bits per heavy atom. The van der Waals surface area contributed by atoms with Gasteiger partial charge in [-0.25, -0.2) is 13.2 Å². The molecule has 100 valence electrons. The number of hydrogen-bond acceptors (Lipinski definition) is 5. The minimum absolute atomic E-state index is 0.0758. The Labute approximate surface area is 110 Å². The molecule has 0 amide bonds. The van der Waals surface area contributed by atoms with E-state index >= 15 is 0 Å². The molecule has 0 aliphatic carbocycles. The van der Waals surface area contributed by atoms with Crippen LogP contribution in [0.4, 0.5) is 0 Å². The van der Waals surface area contributed by atoms with Crippen molar-refractivity contribution < 1.29 is 17.9 Å². The Morgan fingerprint density at radius 2 is 1.89 bits per heavy atom. The van der Waals surface area contributed by atoms with Gasteiger partial charge in [0.25, 0.3) is 0 Å². The molecule has 0 saturated carbocycles.